The van der Waals surface area contributed by atoms with Gasteiger partial charge in [0.05, 0.1) is 6.33 Å². The monoisotopic (exact) mass is 193 g/mol. The largest absolute Gasteiger partial charge is 0.327 e. The zero-order chi connectivity index (χ0) is 10.4. The van der Waals surface area contributed by atoms with Gasteiger partial charge in [-0.15, -0.1) is 0 Å². The molecule has 0 saturated heterocycles. The summed E-state index contributed by atoms with van der Waals surface area (Å²) in [4.78, 5) is 0. The second-order valence-corrected chi connectivity index (χ2v) is 3.49. The first-order valence-corrected chi connectivity index (χ1v) is 4.80. The Labute approximate surface area is 84.5 Å². The van der Waals surface area contributed by atoms with Crippen LogP contribution in [-0.4, -0.2) is 6.54 Å². The fraction of sp³-hybridized carbons (Fsp3) is 0.333. The molecule has 0 radical (unpaired) electrons. The van der Waals surface area contributed by atoms with Crippen molar-refractivity contribution in [3.05, 3.63) is 47.9 Å². The van der Waals surface area contributed by atoms with E-state index in [9.17, 15) is 4.39 Å². The summed E-state index contributed by atoms with van der Waals surface area (Å²) < 4.78 is 12.3. The molecule has 0 aliphatic heterocycles. The molecular formula is C12H16FN. The minimum atomic E-state index is 0.279. The van der Waals surface area contributed by atoms with Crippen LogP contribution in [0.25, 0.3) is 0 Å². The predicted molar refractivity (Wildman–Crippen MR) is 58.4 cm³/mol. The van der Waals surface area contributed by atoms with Gasteiger partial charge in [0.25, 0.3) is 0 Å². The van der Waals surface area contributed by atoms with E-state index in [2.05, 4.69) is 19.1 Å². The summed E-state index contributed by atoms with van der Waals surface area (Å²) in [6, 6.07) is 0. The molecule has 1 rings (SSSR count). The van der Waals surface area contributed by atoms with Gasteiger partial charge in [0.1, 0.15) is 0 Å². The van der Waals surface area contributed by atoms with Crippen LogP contribution < -0.4 is 5.73 Å². The van der Waals surface area contributed by atoms with Crippen LogP contribution in [0.4, 0.5) is 4.39 Å². The summed E-state index contributed by atoms with van der Waals surface area (Å²) in [5.74, 6) is 0.444. The van der Waals surface area contributed by atoms with Crippen molar-refractivity contribution in [2.75, 3.05) is 6.54 Å². The molecule has 0 aromatic rings. The first kappa shape index (κ1) is 10.9. The van der Waals surface area contributed by atoms with E-state index in [1.165, 1.54) is 0 Å². The highest BCUT2D eigenvalue weighted by Gasteiger charge is 2.01. The Morgan fingerprint density at radius 3 is 3.00 bits per heavy atom. The lowest BCUT2D eigenvalue weighted by Gasteiger charge is -2.02. The van der Waals surface area contributed by atoms with Crippen LogP contribution in [0.15, 0.2) is 47.9 Å². The molecule has 1 atom stereocenters. The summed E-state index contributed by atoms with van der Waals surface area (Å²) >= 11 is 0. The van der Waals surface area contributed by atoms with Gasteiger partial charge in [-0.1, -0.05) is 37.3 Å². The van der Waals surface area contributed by atoms with E-state index in [-0.39, 0.29) is 6.54 Å². The fourth-order valence-corrected chi connectivity index (χ4v) is 1.28. The summed E-state index contributed by atoms with van der Waals surface area (Å²) in [5, 5.41) is 0. The van der Waals surface area contributed by atoms with Crippen molar-refractivity contribution in [2.24, 2.45) is 11.7 Å². The highest BCUT2D eigenvalue weighted by atomic mass is 19.1. The van der Waals surface area contributed by atoms with Crippen molar-refractivity contribution < 1.29 is 4.39 Å². The average molecular weight is 193 g/mol. The average Bonchev–Trinajstić information content (AvgIpc) is 2.40. The topological polar surface area (TPSA) is 26.0 Å². The highest BCUT2D eigenvalue weighted by Crippen LogP contribution is 2.16. The Balaban J connectivity index is 2.66. The van der Waals surface area contributed by atoms with Crippen LogP contribution in [0.1, 0.15) is 13.3 Å². The molecular weight excluding hydrogens is 177 g/mol. The first-order valence-electron chi connectivity index (χ1n) is 4.80. The second kappa shape index (κ2) is 5.55. The fourth-order valence-electron chi connectivity index (χ4n) is 1.28. The van der Waals surface area contributed by atoms with Crippen molar-refractivity contribution in [1.29, 1.82) is 0 Å². The molecule has 2 heteroatoms. The summed E-state index contributed by atoms with van der Waals surface area (Å²) in [6.07, 6.45) is 11.4. The van der Waals surface area contributed by atoms with E-state index >= 15 is 0 Å². The van der Waals surface area contributed by atoms with Crippen LogP contribution in [0.2, 0.25) is 0 Å². The molecule has 0 spiro atoms. The molecule has 1 nitrogen and oxygen atoms in total. The van der Waals surface area contributed by atoms with E-state index in [1.54, 1.807) is 0 Å². The Bertz CT molecular complexity index is 297. The van der Waals surface area contributed by atoms with Crippen LogP contribution in [-0.2, 0) is 0 Å². The molecule has 1 aliphatic rings. The lowest BCUT2D eigenvalue weighted by Crippen LogP contribution is -2.03. The molecule has 1 aliphatic carbocycles. The summed E-state index contributed by atoms with van der Waals surface area (Å²) in [7, 11) is 0. The van der Waals surface area contributed by atoms with Crippen molar-refractivity contribution >= 4 is 0 Å². The number of nitrogens with two attached hydrogens (primary N) is 1. The van der Waals surface area contributed by atoms with Gasteiger partial charge >= 0.3 is 0 Å². The van der Waals surface area contributed by atoms with E-state index in [4.69, 9.17) is 5.73 Å². The van der Waals surface area contributed by atoms with Gasteiger partial charge in [0.2, 0.25) is 0 Å². The SMILES string of the molecule is CC1C=CC=C(C/C(=C/F)CN)C=C1. The molecule has 2 N–H and O–H groups in total. The minimum Gasteiger partial charge on any atom is -0.327 e. The lowest BCUT2D eigenvalue weighted by atomic mass is 10.1. The van der Waals surface area contributed by atoms with Gasteiger partial charge in [-0.3, -0.25) is 0 Å². The molecule has 1 unspecified atom stereocenters. The van der Waals surface area contributed by atoms with Gasteiger partial charge < -0.3 is 5.73 Å². The smallest absolute Gasteiger partial charge is 0.0875 e. The third-order valence-electron chi connectivity index (χ3n) is 2.19. The third-order valence-corrected chi connectivity index (χ3v) is 2.19. The maximum absolute atomic E-state index is 12.3. The van der Waals surface area contributed by atoms with E-state index in [0.717, 1.165) is 5.57 Å². The Morgan fingerprint density at radius 2 is 2.36 bits per heavy atom. The predicted octanol–water partition coefficient (Wildman–Crippen LogP) is 2.88. The molecule has 0 heterocycles. The van der Waals surface area contributed by atoms with E-state index in [1.807, 2.05) is 18.2 Å². The Hall–Kier alpha value is -1.15. The number of hydrogen-bond acceptors (Lipinski definition) is 1. The maximum Gasteiger partial charge on any atom is 0.0875 e. The number of hydrogen-bond donors (Lipinski definition) is 1. The number of rotatable bonds is 3. The maximum atomic E-state index is 12.3. The van der Waals surface area contributed by atoms with Gasteiger partial charge in [0, 0.05) is 6.54 Å². The van der Waals surface area contributed by atoms with Gasteiger partial charge in [0.15, 0.2) is 0 Å². The standard InChI is InChI=1S/C12H16FN/c1-10-3-2-4-11(6-5-10)7-12(8-13)9-14/h2-6,8,10H,7,9,14H2,1H3/b12-8-. The zero-order valence-electron chi connectivity index (χ0n) is 8.41. The molecule has 14 heavy (non-hydrogen) atoms. The number of halogens is 1. The van der Waals surface area contributed by atoms with Gasteiger partial charge in [-0.2, -0.15) is 0 Å². The zero-order valence-corrected chi connectivity index (χ0v) is 8.41. The third kappa shape index (κ3) is 3.30. The Kier molecular flexibility index (Phi) is 4.33. The molecule has 0 aromatic heterocycles. The van der Waals surface area contributed by atoms with Gasteiger partial charge in [-0.25, -0.2) is 4.39 Å². The molecule has 0 amide bonds. The van der Waals surface area contributed by atoms with Gasteiger partial charge in [-0.05, 0) is 23.5 Å². The van der Waals surface area contributed by atoms with E-state index in [0.29, 0.717) is 24.2 Å². The normalized spacial score (nSPS) is 22.1. The highest BCUT2D eigenvalue weighted by molar-refractivity contribution is 5.32. The Morgan fingerprint density at radius 1 is 1.57 bits per heavy atom. The molecule has 0 aromatic carbocycles. The van der Waals surface area contributed by atoms with Crippen molar-refractivity contribution in [3.63, 3.8) is 0 Å². The van der Waals surface area contributed by atoms with Crippen LogP contribution in [0, 0.1) is 5.92 Å². The number of allylic oxidation sites excluding steroid dienone is 6. The van der Waals surface area contributed by atoms with Crippen LogP contribution in [0.5, 0.6) is 0 Å². The summed E-state index contributed by atoms with van der Waals surface area (Å²) in [6.45, 7) is 2.39. The minimum absolute atomic E-state index is 0.279. The summed E-state index contributed by atoms with van der Waals surface area (Å²) in [5.41, 5.74) is 7.11. The van der Waals surface area contributed by atoms with Crippen molar-refractivity contribution in [1.82, 2.24) is 0 Å². The van der Waals surface area contributed by atoms with E-state index < -0.39 is 0 Å². The lowest BCUT2D eigenvalue weighted by molar-refractivity contribution is 0.700. The molecule has 0 fully saturated rings. The van der Waals surface area contributed by atoms with Crippen molar-refractivity contribution in [2.45, 2.75) is 13.3 Å². The molecule has 0 saturated carbocycles. The quantitative estimate of drug-likeness (QED) is 0.732. The molecule has 0 bridgehead atoms. The first-order chi connectivity index (χ1) is 6.76. The molecule has 76 valence electrons. The van der Waals surface area contributed by atoms with Crippen LogP contribution >= 0.6 is 0 Å². The van der Waals surface area contributed by atoms with Crippen LogP contribution in [0.3, 0.4) is 0 Å². The second-order valence-electron chi connectivity index (χ2n) is 3.49. The van der Waals surface area contributed by atoms with Crippen molar-refractivity contribution in [3.8, 4) is 0 Å².